The van der Waals surface area contributed by atoms with E-state index in [2.05, 4.69) is 24.1 Å². The molecule has 5 nitrogen and oxygen atoms in total. The van der Waals surface area contributed by atoms with E-state index in [-0.39, 0.29) is 5.56 Å². The summed E-state index contributed by atoms with van der Waals surface area (Å²) in [6.45, 7) is 4.82. The smallest absolute Gasteiger partial charge is 0.250 e. The van der Waals surface area contributed by atoms with Crippen molar-refractivity contribution < 1.29 is 4.79 Å². The van der Waals surface area contributed by atoms with Crippen LogP contribution in [0.4, 0.5) is 5.13 Å². The van der Waals surface area contributed by atoms with E-state index in [0.29, 0.717) is 24.0 Å². The highest BCUT2D eigenvalue weighted by atomic mass is 32.1. The molecule has 0 bridgehead atoms. The largest absolute Gasteiger partial charge is 0.315 e. The number of amides is 1. The highest BCUT2D eigenvalue weighted by Crippen LogP contribution is 2.27. The van der Waals surface area contributed by atoms with Gasteiger partial charge in [0.2, 0.25) is 6.41 Å². The Morgan fingerprint density at radius 1 is 1.47 bits per heavy atom. The van der Waals surface area contributed by atoms with Gasteiger partial charge in [-0.1, -0.05) is 25.2 Å². The molecule has 2 rings (SSSR count). The third-order valence-corrected chi connectivity index (χ3v) is 3.50. The lowest BCUT2D eigenvalue weighted by molar-refractivity contribution is -0.105. The Hall–Kier alpha value is -1.95. The zero-order valence-corrected chi connectivity index (χ0v) is 11.6. The van der Waals surface area contributed by atoms with Crippen LogP contribution in [0.5, 0.6) is 0 Å². The van der Waals surface area contributed by atoms with Gasteiger partial charge in [0.1, 0.15) is 0 Å². The van der Waals surface area contributed by atoms with Crippen LogP contribution in [0, 0.1) is 5.92 Å². The lowest BCUT2D eigenvalue weighted by atomic mass is 10.2. The van der Waals surface area contributed by atoms with Crippen molar-refractivity contribution in [2.24, 2.45) is 5.92 Å². The molecule has 1 amide bonds. The number of thiazole rings is 1. The molecule has 2 aromatic heterocycles. The molecular formula is C13H15N3O2S. The van der Waals surface area contributed by atoms with Crippen LogP contribution in [-0.2, 0) is 11.3 Å². The van der Waals surface area contributed by atoms with E-state index in [1.165, 1.54) is 11.3 Å². The Labute approximate surface area is 114 Å². The average Bonchev–Trinajstić information content (AvgIpc) is 2.80. The van der Waals surface area contributed by atoms with Crippen molar-refractivity contribution >= 4 is 22.9 Å². The molecule has 2 heterocycles. The lowest BCUT2D eigenvalue weighted by Crippen LogP contribution is -2.20. The molecule has 6 heteroatoms. The Morgan fingerprint density at radius 3 is 2.95 bits per heavy atom. The van der Waals surface area contributed by atoms with Crippen molar-refractivity contribution in [3.05, 3.63) is 34.9 Å². The Balaban J connectivity index is 2.33. The summed E-state index contributed by atoms with van der Waals surface area (Å²) < 4.78 is 1.70. The monoisotopic (exact) mass is 277 g/mol. The minimum absolute atomic E-state index is 0.00629. The molecule has 0 saturated carbocycles. The standard InChI is InChI=1S/C13H15N3O2S/c1-9(2)6-16-7-10(3-4-12(16)18)11-5-14-13(19-11)15-8-17/h3-5,7-9H,6H2,1-2H3,(H,14,15,17). The molecule has 0 aliphatic carbocycles. The summed E-state index contributed by atoms with van der Waals surface area (Å²) in [6.07, 6.45) is 4.12. The van der Waals surface area contributed by atoms with Crippen molar-refractivity contribution in [1.29, 1.82) is 0 Å². The first kappa shape index (κ1) is 13.5. The van der Waals surface area contributed by atoms with E-state index in [1.54, 1.807) is 22.9 Å². The highest BCUT2D eigenvalue weighted by Gasteiger charge is 2.07. The van der Waals surface area contributed by atoms with Crippen LogP contribution in [0.3, 0.4) is 0 Å². The van der Waals surface area contributed by atoms with Gasteiger partial charge in [-0.05, 0) is 12.0 Å². The van der Waals surface area contributed by atoms with Gasteiger partial charge in [0, 0.05) is 30.6 Å². The van der Waals surface area contributed by atoms with E-state index in [4.69, 9.17) is 0 Å². The van der Waals surface area contributed by atoms with E-state index in [9.17, 15) is 9.59 Å². The first-order valence-electron chi connectivity index (χ1n) is 5.97. The summed E-state index contributed by atoms with van der Waals surface area (Å²) >= 11 is 1.38. The van der Waals surface area contributed by atoms with Crippen molar-refractivity contribution in [1.82, 2.24) is 9.55 Å². The zero-order chi connectivity index (χ0) is 13.8. The second kappa shape index (κ2) is 5.79. The number of nitrogens with zero attached hydrogens (tertiary/aromatic N) is 2. The van der Waals surface area contributed by atoms with Crippen LogP contribution >= 0.6 is 11.3 Å². The van der Waals surface area contributed by atoms with Gasteiger partial charge in [0.25, 0.3) is 5.56 Å². The van der Waals surface area contributed by atoms with Crippen molar-refractivity contribution in [3.63, 3.8) is 0 Å². The SMILES string of the molecule is CC(C)Cn1cc(-c2cnc(NC=O)s2)ccc1=O. The molecule has 0 aliphatic heterocycles. The number of carbonyl (C=O) groups is 1. The van der Waals surface area contributed by atoms with Crippen LogP contribution in [0.2, 0.25) is 0 Å². The molecule has 0 atom stereocenters. The van der Waals surface area contributed by atoms with Crippen LogP contribution in [0.15, 0.2) is 29.3 Å². The van der Waals surface area contributed by atoms with Gasteiger partial charge < -0.3 is 9.88 Å². The second-order valence-corrected chi connectivity index (χ2v) is 5.62. The molecular weight excluding hydrogens is 262 g/mol. The number of aromatic nitrogens is 2. The molecule has 0 radical (unpaired) electrons. The first-order chi connectivity index (χ1) is 9.10. The van der Waals surface area contributed by atoms with Crippen molar-refractivity contribution in [2.45, 2.75) is 20.4 Å². The number of hydrogen-bond acceptors (Lipinski definition) is 4. The van der Waals surface area contributed by atoms with Gasteiger partial charge in [-0.3, -0.25) is 9.59 Å². The molecule has 19 heavy (non-hydrogen) atoms. The molecule has 100 valence electrons. The third-order valence-electron chi connectivity index (χ3n) is 2.52. The summed E-state index contributed by atoms with van der Waals surface area (Å²) in [5, 5.41) is 3.06. The summed E-state index contributed by atoms with van der Waals surface area (Å²) in [5.74, 6) is 0.404. The lowest BCUT2D eigenvalue weighted by Gasteiger charge is -2.09. The van der Waals surface area contributed by atoms with Gasteiger partial charge in [-0.15, -0.1) is 0 Å². The summed E-state index contributed by atoms with van der Waals surface area (Å²) in [5.41, 5.74) is 0.921. The van der Waals surface area contributed by atoms with E-state index < -0.39 is 0 Å². The Kier molecular flexibility index (Phi) is 4.11. The predicted octanol–water partition coefficient (Wildman–Crippen LogP) is 2.20. The number of anilines is 1. The van der Waals surface area contributed by atoms with E-state index in [0.717, 1.165) is 10.4 Å². The van der Waals surface area contributed by atoms with Gasteiger partial charge >= 0.3 is 0 Å². The number of pyridine rings is 1. The quantitative estimate of drug-likeness (QED) is 0.852. The van der Waals surface area contributed by atoms with Gasteiger partial charge in [-0.25, -0.2) is 4.98 Å². The van der Waals surface area contributed by atoms with Gasteiger partial charge in [0.15, 0.2) is 5.13 Å². The molecule has 0 aromatic carbocycles. The minimum atomic E-state index is -0.00629. The summed E-state index contributed by atoms with van der Waals surface area (Å²) in [7, 11) is 0. The van der Waals surface area contributed by atoms with Crippen molar-refractivity contribution in [3.8, 4) is 10.4 Å². The topological polar surface area (TPSA) is 64.0 Å². The van der Waals surface area contributed by atoms with Gasteiger partial charge in [-0.2, -0.15) is 0 Å². The summed E-state index contributed by atoms with van der Waals surface area (Å²) in [6, 6.07) is 3.33. The van der Waals surface area contributed by atoms with Crippen molar-refractivity contribution in [2.75, 3.05) is 5.32 Å². The fourth-order valence-corrected chi connectivity index (χ4v) is 2.50. The maximum atomic E-state index is 11.7. The molecule has 1 N–H and O–H groups in total. The Morgan fingerprint density at radius 2 is 2.26 bits per heavy atom. The predicted molar refractivity (Wildman–Crippen MR) is 76.3 cm³/mol. The average molecular weight is 277 g/mol. The highest BCUT2D eigenvalue weighted by molar-refractivity contribution is 7.19. The second-order valence-electron chi connectivity index (χ2n) is 4.59. The van der Waals surface area contributed by atoms with E-state index in [1.807, 2.05) is 6.20 Å². The Bertz CT molecular complexity index is 631. The number of nitrogens with one attached hydrogen (secondary N) is 1. The maximum absolute atomic E-state index is 11.7. The minimum Gasteiger partial charge on any atom is -0.315 e. The summed E-state index contributed by atoms with van der Waals surface area (Å²) in [4.78, 5) is 27.1. The van der Waals surface area contributed by atoms with E-state index >= 15 is 0 Å². The molecule has 0 fully saturated rings. The zero-order valence-electron chi connectivity index (χ0n) is 10.8. The number of carbonyl (C=O) groups excluding carboxylic acids is 1. The molecule has 0 saturated heterocycles. The van der Waals surface area contributed by atoms with Gasteiger partial charge in [0.05, 0.1) is 4.88 Å². The third kappa shape index (κ3) is 3.29. The molecule has 0 spiro atoms. The molecule has 2 aromatic rings. The van der Waals surface area contributed by atoms with Crippen LogP contribution in [-0.4, -0.2) is 16.0 Å². The fourth-order valence-electron chi connectivity index (χ4n) is 1.74. The maximum Gasteiger partial charge on any atom is 0.250 e. The van der Waals surface area contributed by atoms with Crippen LogP contribution < -0.4 is 10.9 Å². The number of rotatable bonds is 5. The molecule has 0 aliphatic rings. The van der Waals surface area contributed by atoms with Crippen LogP contribution in [0.25, 0.3) is 10.4 Å². The first-order valence-corrected chi connectivity index (χ1v) is 6.78. The normalized spacial score (nSPS) is 10.7. The molecule has 0 unspecified atom stereocenters. The van der Waals surface area contributed by atoms with Crippen LogP contribution in [0.1, 0.15) is 13.8 Å². The fraction of sp³-hybridized carbons (Fsp3) is 0.308. The number of hydrogen-bond donors (Lipinski definition) is 1.